The normalized spacial score (nSPS) is 15.6. The van der Waals surface area contributed by atoms with Crippen LogP contribution in [0.25, 0.3) is 0 Å². The Hall–Kier alpha value is -1.63. The molecule has 0 radical (unpaired) electrons. The predicted octanol–water partition coefficient (Wildman–Crippen LogP) is 1.97. The van der Waals surface area contributed by atoms with Gasteiger partial charge >= 0.3 is 0 Å². The van der Waals surface area contributed by atoms with Crippen molar-refractivity contribution in [2.75, 3.05) is 18.1 Å². The second kappa shape index (κ2) is 3.86. The molecule has 1 aliphatic rings. The monoisotopic (exact) mass is 199 g/mol. The number of nitrogens with zero attached hydrogens (tertiary/aromatic N) is 1. The van der Waals surface area contributed by atoms with E-state index in [1.807, 2.05) is 13.1 Å². The number of hydrogen-bond donors (Lipinski definition) is 2. The van der Waals surface area contributed by atoms with E-state index in [1.54, 1.807) is 0 Å². The van der Waals surface area contributed by atoms with Crippen molar-refractivity contribution in [3.05, 3.63) is 23.8 Å². The van der Waals surface area contributed by atoms with Crippen LogP contribution in [0.5, 0.6) is 0 Å². The Bertz CT molecular complexity index is 405. The van der Waals surface area contributed by atoms with Crippen LogP contribution in [0.4, 0.5) is 11.4 Å². The second-order valence-electron chi connectivity index (χ2n) is 4.09. The van der Waals surface area contributed by atoms with Gasteiger partial charge in [-0.05, 0) is 23.6 Å². The summed E-state index contributed by atoms with van der Waals surface area (Å²) in [5.41, 5.74) is 8.84. The van der Waals surface area contributed by atoms with Crippen LogP contribution in [0, 0.1) is 11.2 Å². The average Bonchev–Trinajstić information content (AvgIpc) is 2.19. The van der Waals surface area contributed by atoms with Crippen LogP contribution in [0.2, 0.25) is 12.6 Å². The first-order valence-electron chi connectivity index (χ1n) is 5.21. The van der Waals surface area contributed by atoms with Gasteiger partial charge in [0.1, 0.15) is 0 Å². The highest BCUT2D eigenvalue weighted by molar-refractivity contribution is 6.70. The number of nitrogens with one attached hydrogen (secondary N) is 1. The molecule has 1 fully saturated rings. The molecule has 1 saturated heterocycles. The van der Waals surface area contributed by atoms with Gasteiger partial charge in [0.15, 0.2) is 0 Å². The maximum absolute atomic E-state index is 8.71. The van der Waals surface area contributed by atoms with Crippen molar-refractivity contribution in [1.29, 1.82) is 5.26 Å². The molecule has 4 heteroatoms. The Balaban J connectivity index is 2.14. The first kappa shape index (κ1) is 9.91. The van der Waals surface area contributed by atoms with Crippen molar-refractivity contribution in [2.24, 2.45) is 0 Å². The van der Waals surface area contributed by atoms with E-state index in [4.69, 9.17) is 11.0 Å². The van der Waals surface area contributed by atoms with Crippen molar-refractivity contribution in [3.8, 4) is 5.97 Å². The minimum absolute atomic E-state index is 0.255. The Labute approximate surface area is 90.4 Å². The number of benzene rings is 1. The van der Waals surface area contributed by atoms with Crippen molar-refractivity contribution in [2.45, 2.75) is 18.6 Å². The molecule has 2 rings (SSSR count). The lowest BCUT2D eigenvalue weighted by molar-refractivity contribution is 0.774. The number of hydrogen-bond acceptors (Lipinski definition) is 3. The van der Waals surface area contributed by atoms with Crippen LogP contribution in [0.1, 0.15) is 11.5 Å². The maximum Gasteiger partial charge on any atom is 0.269 e. The van der Waals surface area contributed by atoms with Gasteiger partial charge in [-0.3, -0.25) is 0 Å². The van der Waals surface area contributed by atoms with E-state index in [0.29, 0.717) is 5.92 Å². The quantitative estimate of drug-likeness (QED) is 0.565. The van der Waals surface area contributed by atoms with E-state index in [2.05, 4.69) is 23.4 Å². The van der Waals surface area contributed by atoms with E-state index in [-0.39, 0.29) is 6.71 Å². The third-order valence-electron chi connectivity index (χ3n) is 3.14. The minimum atomic E-state index is 0.255. The molecular formula is C11H14BN3. The first-order chi connectivity index (χ1) is 7.24. The molecule has 0 aromatic heterocycles. The predicted molar refractivity (Wildman–Crippen MR) is 64.1 cm³/mol. The molecule has 0 bridgehead atoms. The van der Waals surface area contributed by atoms with E-state index in [1.165, 1.54) is 5.56 Å². The van der Waals surface area contributed by atoms with Crippen LogP contribution in [0.15, 0.2) is 18.2 Å². The van der Waals surface area contributed by atoms with Gasteiger partial charge in [0.05, 0.1) is 11.4 Å². The smallest absolute Gasteiger partial charge is 0.269 e. The summed E-state index contributed by atoms with van der Waals surface area (Å²) in [6, 6.07) is 6.09. The highest BCUT2D eigenvalue weighted by Gasteiger charge is 2.34. The Kier molecular flexibility index (Phi) is 2.55. The molecule has 76 valence electrons. The second-order valence-corrected chi connectivity index (χ2v) is 4.09. The number of rotatable bonds is 2. The van der Waals surface area contributed by atoms with Crippen LogP contribution in [-0.2, 0) is 0 Å². The molecule has 1 aromatic carbocycles. The lowest BCUT2D eigenvalue weighted by Crippen LogP contribution is -2.28. The molecule has 3 nitrogen and oxygen atoms in total. The molecule has 1 aliphatic heterocycles. The van der Waals surface area contributed by atoms with Gasteiger partial charge in [-0.25, -0.2) is 5.26 Å². The van der Waals surface area contributed by atoms with Crippen LogP contribution >= 0.6 is 0 Å². The molecule has 0 amide bonds. The molecule has 1 aromatic rings. The van der Waals surface area contributed by atoms with Gasteiger partial charge in [0.25, 0.3) is 6.71 Å². The van der Waals surface area contributed by atoms with E-state index in [0.717, 1.165) is 24.0 Å². The van der Waals surface area contributed by atoms with E-state index < -0.39 is 0 Å². The van der Waals surface area contributed by atoms with Crippen LogP contribution < -0.4 is 11.1 Å². The fourth-order valence-electron chi connectivity index (χ4n) is 2.04. The number of nitriles is 1. The fraction of sp³-hybridized carbons (Fsp3) is 0.364. The van der Waals surface area contributed by atoms with Crippen LogP contribution in [-0.4, -0.2) is 13.8 Å². The zero-order valence-electron chi connectivity index (χ0n) is 8.83. The van der Waals surface area contributed by atoms with Gasteiger partial charge in [0.2, 0.25) is 0 Å². The third-order valence-corrected chi connectivity index (χ3v) is 3.14. The molecule has 0 aliphatic carbocycles. The van der Waals surface area contributed by atoms with E-state index >= 15 is 0 Å². The Morgan fingerprint density at radius 1 is 1.53 bits per heavy atom. The van der Waals surface area contributed by atoms with Crippen LogP contribution in [0.3, 0.4) is 0 Å². The zero-order chi connectivity index (χ0) is 10.8. The highest BCUT2D eigenvalue weighted by Crippen LogP contribution is 2.39. The largest absolute Gasteiger partial charge is 0.397 e. The van der Waals surface area contributed by atoms with Gasteiger partial charge in [-0.2, -0.15) is 0 Å². The standard InChI is InChI=1S/C11H14BN3/c1-15-11-4-8(2-3-10(11)14)9-5-12(6-9)7-13/h2-4,9,15H,5-6,14H2,1H3. The third kappa shape index (κ3) is 1.78. The SMILES string of the molecule is CNc1cc(C2CB(C#N)C2)ccc1N. The highest BCUT2D eigenvalue weighted by atomic mass is 14.8. The zero-order valence-corrected chi connectivity index (χ0v) is 8.83. The summed E-state index contributed by atoms with van der Waals surface area (Å²) in [4.78, 5) is 0. The fourth-order valence-corrected chi connectivity index (χ4v) is 2.04. The lowest BCUT2D eigenvalue weighted by Gasteiger charge is -2.29. The number of nitrogen functional groups attached to an aromatic ring is 1. The average molecular weight is 199 g/mol. The van der Waals surface area contributed by atoms with Crippen molar-refractivity contribution >= 4 is 18.1 Å². The first-order valence-corrected chi connectivity index (χ1v) is 5.21. The van der Waals surface area contributed by atoms with Gasteiger partial charge < -0.3 is 11.1 Å². The van der Waals surface area contributed by atoms with Crippen molar-refractivity contribution in [1.82, 2.24) is 0 Å². The molecule has 0 atom stereocenters. The number of anilines is 2. The summed E-state index contributed by atoms with van der Waals surface area (Å²) in [5.74, 6) is 2.84. The topological polar surface area (TPSA) is 61.8 Å². The summed E-state index contributed by atoms with van der Waals surface area (Å²) >= 11 is 0. The molecule has 15 heavy (non-hydrogen) atoms. The summed E-state index contributed by atoms with van der Waals surface area (Å²) in [6.45, 7) is 0.255. The van der Waals surface area contributed by atoms with Gasteiger partial charge in [-0.1, -0.05) is 18.7 Å². The summed E-state index contributed by atoms with van der Waals surface area (Å²) in [5, 5.41) is 11.8. The molecule has 0 unspecified atom stereocenters. The van der Waals surface area contributed by atoms with Crippen molar-refractivity contribution in [3.63, 3.8) is 0 Å². The molecule has 0 spiro atoms. The summed E-state index contributed by atoms with van der Waals surface area (Å²) in [7, 11) is 1.87. The van der Waals surface area contributed by atoms with Crippen molar-refractivity contribution < 1.29 is 0 Å². The molecule has 0 saturated carbocycles. The van der Waals surface area contributed by atoms with Gasteiger partial charge in [-0.15, -0.1) is 0 Å². The maximum atomic E-state index is 8.71. The summed E-state index contributed by atoms with van der Waals surface area (Å²) in [6.07, 6.45) is 1.98. The van der Waals surface area contributed by atoms with Gasteiger partial charge in [0, 0.05) is 13.0 Å². The Morgan fingerprint density at radius 3 is 2.87 bits per heavy atom. The summed E-state index contributed by atoms with van der Waals surface area (Å²) < 4.78 is 0. The number of nitrogens with two attached hydrogens (primary N) is 1. The minimum Gasteiger partial charge on any atom is -0.397 e. The van der Waals surface area contributed by atoms with E-state index in [9.17, 15) is 0 Å². The molecule has 1 heterocycles. The Morgan fingerprint density at radius 2 is 2.27 bits per heavy atom. The molecular weight excluding hydrogens is 185 g/mol. The molecule has 3 N–H and O–H groups in total. The lowest BCUT2D eigenvalue weighted by atomic mass is 9.32.